The Morgan fingerprint density at radius 3 is 2.44 bits per heavy atom. The predicted octanol–water partition coefficient (Wildman–Crippen LogP) is 0.312. The van der Waals surface area contributed by atoms with Crippen molar-refractivity contribution in [2.75, 3.05) is 0 Å². The molecule has 2 aromatic rings. The first-order chi connectivity index (χ1) is 8.49. The first-order valence-corrected chi connectivity index (χ1v) is 5.99. The number of aromatic nitrogens is 5. The van der Waals surface area contributed by atoms with Crippen molar-refractivity contribution < 1.29 is 5.11 Å². The monoisotopic (exact) mass is 249 g/mol. The van der Waals surface area contributed by atoms with E-state index in [0.29, 0.717) is 12.8 Å². The van der Waals surface area contributed by atoms with Gasteiger partial charge < -0.3 is 5.11 Å². The van der Waals surface area contributed by atoms with Crippen molar-refractivity contribution in [1.82, 2.24) is 24.5 Å². The summed E-state index contributed by atoms with van der Waals surface area (Å²) in [7, 11) is 3.75. The Hall–Kier alpha value is -1.69. The van der Waals surface area contributed by atoms with Gasteiger partial charge in [0, 0.05) is 32.6 Å². The summed E-state index contributed by atoms with van der Waals surface area (Å²) in [4.78, 5) is 4.12. The van der Waals surface area contributed by atoms with E-state index in [0.717, 1.165) is 22.8 Å². The highest BCUT2D eigenvalue weighted by Crippen LogP contribution is 2.15. The lowest BCUT2D eigenvalue weighted by Crippen LogP contribution is -2.17. The number of aliphatic hydroxyl groups is 1. The second-order valence-corrected chi connectivity index (χ2v) is 4.63. The Kier molecular flexibility index (Phi) is 3.47. The number of nitrogens with zero attached hydrogens (tertiary/aromatic N) is 5. The smallest absolute Gasteiger partial charge is 0.138 e. The lowest BCUT2D eigenvalue weighted by molar-refractivity contribution is 0.171. The van der Waals surface area contributed by atoms with Gasteiger partial charge in [0.15, 0.2) is 0 Å². The Morgan fingerprint density at radius 1 is 1.22 bits per heavy atom. The Bertz CT molecular complexity index is 543. The zero-order valence-electron chi connectivity index (χ0n) is 11.3. The first kappa shape index (κ1) is 12.8. The molecule has 0 aliphatic rings. The summed E-state index contributed by atoms with van der Waals surface area (Å²) in [6, 6.07) is 0. The highest BCUT2D eigenvalue weighted by atomic mass is 16.3. The molecule has 1 unspecified atom stereocenters. The maximum Gasteiger partial charge on any atom is 0.138 e. The van der Waals surface area contributed by atoms with Gasteiger partial charge in [0.2, 0.25) is 0 Å². The van der Waals surface area contributed by atoms with Gasteiger partial charge >= 0.3 is 0 Å². The summed E-state index contributed by atoms with van der Waals surface area (Å²) in [6.07, 6.45) is 2.14. The van der Waals surface area contributed by atoms with Gasteiger partial charge in [-0.25, -0.2) is 4.98 Å². The van der Waals surface area contributed by atoms with Gasteiger partial charge in [-0.2, -0.15) is 10.2 Å². The minimum atomic E-state index is -0.463. The lowest BCUT2D eigenvalue weighted by atomic mass is 10.0. The van der Waals surface area contributed by atoms with Crippen LogP contribution in [0.25, 0.3) is 0 Å². The van der Waals surface area contributed by atoms with Gasteiger partial charge in [0.25, 0.3) is 0 Å². The third-order valence-electron chi connectivity index (χ3n) is 3.32. The standard InChI is InChI=1S/C12H19N5O/c1-8-11(9(2)16(3)15-8)5-10(18)6-12-13-7-14-17(12)4/h7,10,18H,5-6H2,1-4H3. The van der Waals surface area contributed by atoms with E-state index in [1.165, 1.54) is 6.33 Å². The van der Waals surface area contributed by atoms with Gasteiger partial charge in [0.1, 0.15) is 12.2 Å². The normalized spacial score (nSPS) is 12.9. The van der Waals surface area contributed by atoms with Crippen molar-refractivity contribution >= 4 is 0 Å². The minimum Gasteiger partial charge on any atom is -0.392 e. The lowest BCUT2D eigenvalue weighted by Gasteiger charge is -2.10. The molecule has 0 saturated carbocycles. The van der Waals surface area contributed by atoms with Crippen molar-refractivity contribution in [2.24, 2.45) is 14.1 Å². The number of rotatable bonds is 4. The predicted molar refractivity (Wildman–Crippen MR) is 67.1 cm³/mol. The third-order valence-corrected chi connectivity index (χ3v) is 3.32. The quantitative estimate of drug-likeness (QED) is 0.847. The molecule has 6 nitrogen and oxygen atoms in total. The zero-order chi connectivity index (χ0) is 13.3. The van der Waals surface area contributed by atoms with Gasteiger partial charge in [-0.05, 0) is 19.4 Å². The number of hydrogen-bond donors (Lipinski definition) is 1. The fraction of sp³-hybridized carbons (Fsp3) is 0.583. The fourth-order valence-electron chi connectivity index (χ4n) is 2.14. The maximum atomic E-state index is 10.1. The maximum absolute atomic E-state index is 10.1. The molecule has 98 valence electrons. The van der Waals surface area contributed by atoms with Crippen LogP contribution in [0.3, 0.4) is 0 Å². The van der Waals surface area contributed by atoms with E-state index in [1.807, 2.05) is 32.6 Å². The molecule has 0 amide bonds. The van der Waals surface area contributed by atoms with Crippen molar-refractivity contribution in [1.29, 1.82) is 0 Å². The fourth-order valence-corrected chi connectivity index (χ4v) is 2.14. The summed E-state index contributed by atoms with van der Waals surface area (Å²) in [5.41, 5.74) is 3.20. The number of hydrogen-bond acceptors (Lipinski definition) is 4. The van der Waals surface area contributed by atoms with Crippen LogP contribution in [-0.2, 0) is 26.9 Å². The Morgan fingerprint density at radius 2 is 1.94 bits per heavy atom. The molecule has 0 aliphatic carbocycles. The molecule has 18 heavy (non-hydrogen) atoms. The zero-order valence-corrected chi connectivity index (χ0v) is 11.3. The van der Waals surface area contributed by atoms with Crippen LogP contribution in [0, 0.1) is 13.8 Å². The van der Waals surface area contributed by atoms with Crippen LogP contribution in [0.15, 0.2) is 6.33 Å². The molecule has 0 saturated heterocycles. The summed E-state index contributed by atoms with van der Waals surface area (Å²) >= 11 is 0. The van der Waals surface area contributed by atoms with Crippen molar-refractivity contribution in [3.8, 4) is 0 Å². The second kappa shape index (κ2) is 4.89. The molecular formula is C12H19N5O. The SMILES string of the molecule is Cc1nn(C)c(C)c1CC(O)Cc1ncnn1C. The second-order valence-electron chi connectivity index (χ2n) is 4.63. The number of aliphatic hydroxyl groups excluding tert-OH is 1. The average Bonchev–Trinajstić information content (AvgIpc) is 2.79. The minimum absolute atomic E-state index is 0.463. The van der Waals surface area contributed by atoms with E-state index in [2.05, 4.69) is 15.2 Å². The molecule has 2 heterocycles. The Labute approximate surface area is 106 Å². The van der Waals surface area contributed by atoms with Crippen LogP contribution < -0.4 is 0 Å². The molecule has 6 heteroatoms. The first-order valence-electron chi connectivity index (χ1n) is 5.99. The molecule has 0 bridgehead atoms. The van der Waals surface area contributed by atoms with Crippen molar-refractivity contribution in [3.05, 3.63) is 29.1 Å². The van der Waals surface area contributed by atoms with E-state index < -0.39 is 6.10 Å². The van der Waals surface area contributed by atoms with E-state index >= 15 is 0 Å². The molecular weight excluding hydrogens is 230 g/mol. The molecule has 0 fully saturated rings. The highest BCUT2D eigenvalue weighted by Gasteiger charge is 2.16. The van der Waals surface area contributed by atoms with Crippen LogP contribution in [0.5, 0.6) is 0 Å². The van der Waals surface area contributed by atoms with Crippen molar-refractivity contribution in [2.45, 2.75) is 32.8 Å². The third kappa shape index (κ3) is 2.43. The Balaban J connectivity index is 2.07. The van der Waals surface area contributed by atoms with E-state index in [9.17, 15) is 5.11 Å². The van der Waals surface area contributed by atoms with Gasteiger partial charge in [-0.15, -0.1) is 0 Å². The molecule has 0 spiro atoms. The van der Waals surface area contributed by atoms with Gasteiger partial charge in [-0.1, -0.05) is 0 Å². The molecule has 2 rings (SSSR count). The van der Waals surface area contributed by atoms with E-state index in [-0.39, 0.29) is 0 Å². The van der Waals surface area contributed by atoms with Crippen molar-refractivity contribution in [3.63, 3.8) is 0 Å². The molecule has 2 aromatic heterocycles. The summed E-state index contributed by atoms with van der Waals surface area (Å²) in [5.74, 6) is 0.793. The van der Waals surface area contributed by atoms with E-state index in [1.54, 1.807) is 4.68 Å². The number of aryl methyl sites for hydroxylation is 3. The van der Waals surface area contributed by atoms with E-state index in [4.69, 9.17) is 0 Å². The summed E-state index contributed by atoms with van der Waals surface area (Å²) in [6.45, 7) is 3.99. The van der Waals surface area contributed by atoms with Gasteiger partial charge in [0.05, 0.1) is 11.8 Å². The van der Waals surface area contributed by atoms with Crippen LogP contribution in [-0.4, -0.2) is 35.8 Å². The average molecular weight is 249 g/mol. The largest absolute Gasteiger partial charge is 0.392 e. The van der Waals surface area contributed by atoms with Crippen LogP contribution in [0.4, 0.5) is 0 Å². The van der Waals surface area contributed by atoms with Crippen LogP contribution in [0.2, 0.25) is 0 Å². The molecule has 1 atom stereocenters. The van der Waals surface area contributed by atoms with Crippen LogP contribution in [0.1, 0.15) is 22.8 Å². The summed E-state index contributed by atoms with van der Waals surface area (Å²) < 4.78 is 3.53. The van der Waals surface area contributed by atoms with Crippen LogP contribution >= 0.6 is 0 Å². The molecule has 0 radical (unpaired) electrons. The molecule has 0 aliphatic heterocycles. The summed E-state index contributed by atoms with van der Waals surface area (Å²) in [5, 5.41) is 18.5. The topological polar surface area (TPSA) is 68.8 Å². The van der Waals surface area contributed by atoms with Gasteiger partial charge in [-0.3, -0.25) is 9.36 Å². The highest BCUT2D eigenvalue weighted by molar-refractivity contribution is 5.25. The molecule has 0 aromatic carbocycles. The molecule has 1 N–H and O–H groups in total.